The lowest BCUT2D eigenvalue weighted by molar-refractivity contribution is 0.197. The fraction of sp³-hybridized carbons (Fsp3) is 1.00. The Morgan fingerprint density at radius 1 is 2.00 bits per heavy atom. The van der Waals surface area contributed by atoms with Crippen LogP contribution in [0.5, 0.6) is 0 Å². The highest BCUT2D eigenvalue weighted by Gasteiger charge is 2.11. The van der Waals surface area contributed by atoms with Gasteiger partial charge in [-0.05, 0) is 13.0 Å². The van der Waals surface area contributed by atoms with Gasteiger partial charge < -0.3 is 4.43 Å². The molecule has 0 bridgehead atoms. The third kappa shape index (κ3) is 0.519. The van der Waals surface area contributed by atoms with Gasteiger partial charge in [0.05, 0.1) is 0 Å². The second kappa shape index (κ2) is 1.10. The lowest BCUT2D eigenvalue weighted by atomic mass is 10.5. The molecule has 1 rings (SSSR count). The van der Waals surface area contributed by atoms with E-state index in [1.54, 1.807) is 0 Å². The average Bonchev–Trinajstić information content (AvgIpc) is 1.30. The molecule has 0 aromatic carbocycles. The summed E-state index contributed by atoms with van der Waals surface area (Å²) >= 11 is 0. The molecule has 1 atom stereocenters. The molecule has 1 saturated heterocycles. The van der Waals surface area contributed by atoms with Gasteiger partial charge in [-0.1, -0.05) is 0 Å². The van der Waals surface area contributed by atoms with Crippen molar-refractivity contribution >= 4 is 9.76 Å². The summed E-state index contributed by atoms with van der Waals surface area (Å²) in [5.41, 5.74) is 0. The second-order valence-electron chi connectivity index (χ2n) is 1.28. The zero-order valence-electron chi connectivity index (χ0n) is 3.19. The van der Waals surface area contributed by atoms with Gasteiger partial charge in [0.1, 0.15) is 0 Å². The van der Waals surface area contributed by atoms with E-state index in [4.69, 9.17) is 4.43 Å². The van der Waals surface area contributed by atoms with Gasteiger partial charge in [0, 0.05) is 6.10 Å². The van der Waals surface area contributed by atoms with Crippen LogP contribution in [0.1, 0.15) is 6.92 Å². The first-order valence-corrected chi connectivity index (χ1v) is 2.89. The van der Waals surface area contributed by atoms with Crippen molar-refractivity contribution in [3.63, 3.8) is 0 Å². The topological polar surface area (TPSA) is 9.23 Å². The molecular formula is C3H6OSi. The van der Waals surface area contributed by atoms with Crippen molar-refractivity contribution in [3.05, 3.63) is 0 Å². The molecular weight excluding hydrogens is 80.1 g/mol. The Morgan fingerprint density at radius 2 is 2.40 bits per heavy atom. The fourth-order valence-corrected chi connectivity index (χ4v) is 0.750. The predicted molar refractivity (Wildman–Crippen MR) is 21.1 cm³/mol. The lowest BCUT2D eigenvalue weighted by Gasteiger charge is -2.19. The smallest absolute Gasteiger partial charge is 0.232 e. The van der Waals surface area contributed by atoms with Crippen LogP contribution in [0, 0.1) is 0 Å². The highest BCUT2D eigenvalue weighted by molar-refractivity contribution is 6.30. The van der Waals surface area contributed by atoms with Crippen molar-refractivity contribution in [1.29, 1.82) is 0 Å². The minimum Gasteiger partial charge on any atom is -0.415 e. The normalized spacial score (nSPS) is 36.6. The minimum absolute atomic E-state index is 0.577. The average molecular weight is 86.2 g/mol. The standard InChI is InChI=1S/C3H6OSi/c1-3-2-5-4-3/h3H,2H2,1H3. The molecule has 0 saturated carbocycles. The molecule has 0 N–H and O–H groups in total. The summed E-state index contributed by atoms with van der Waals surface area (Å²) in [5, 5.41) is 0. The zero-order valence-corrected chi connectivity index (χ0v) is 4.19. The third-order valence-electron chi connectivity index (χ3n) is 0.655. The van der Waals surface area contributed by atoms with Gasteiger partial charge in [-0.2, -0.15) is 0 Å². The summed E-state index contributed by atoms with van der Waals surface area (Å²) in [4.78, 5) is 0. The predicted octanol–water partition coefficient (Wildman–Crippen LogP) is 0.443. The SMILES string of the molecule is CC1C[Si]O1. The van der Waals surface area contributed by atoms with Gasteiger partial charge in [0.25, 0.3) is 0 Å². The van der Waals surface area contributed by atoms with Crippen molar-refractivity contribution < 1.29 is 4.43 Å². The van der Waals surface area contributed by atoms with Crippen molar-refractivity contribution in [2.24, 2.45) is 0 Å². The maximum atomic E-state index is 4.96. The van der Waals surface area contributed by atoms with Crippen LogP contribution in [-0.4, -0.2) is 15.9 Å². The Kier molecular flexibility index (Phi) is 0.745. The van der Waals surface area contributed by atoms with Gasteiger partial charge in [0.2, 0.25) is 9.76 Å². The molecule has 28 valence electrons. The molecule has 0 aliphatic carbocycles. The Bertz CT molecular complexity index is 33.9. The van der Waals surface area contributed by atoms with Crippen molar-refractivity contribution in [2.75, 3.05) is 0 Å². The molecule has 5 heavy (non-hydrogen) atoms. The van der Waals surface area contributed by atoms with Crippen molar-refractivity contribution in [2.45, 2.75) is 19.1 Å². The molecule has 2 radical (unpaired) electrons. The molecule has 0 spiro atoms. The van der Waals surface area contributed by atoms with Crippen LogP contribution < -0.4 is 0 Å². The van der Waals surface area contributed by atoms with Crippen molar-refractivity contribution in [1.82, 2.24) is 0 Å². The first-order valence-electron chi connectivity index (χ1n) is 1.78. The number of rotatable bonds is 0. The summed E-state index contributed by atoms with van der Waals surface area (Å²) < 4.78 is 4.96. The molecule has 0 amide bonds. The first-order chi connectivity index (χ1) is 2.39. The molecule has 1 aliphatic rings. The quantitative estimate of drug-likeness (QED) is 0.389. The third-order valence-corrected chi connectivity index (χ3v) is 1.97. The highest BCUT2D eigenvalue weighted by Crippen LogP contribution is 2.06. The summed E-state index contributed by atoms with van der Waals surface area (Å²) in [5.74, 6) is 0. The van der Waals surface area contributed by atoms with E-state index in [2.05, 4.69) is 6.92 Å². The van der Waals surface area contributed by atoms with E-state index >= 15 is 0 Å². The largest absolute Gasteiger partial charge is 0.415 e. The van der Waals surface area contributed by atoms with Gasteiger partial charge in [0.15, 0.2) is 0 Å². The molecule has 2 heteroatoms. The van der Waals surface area contributed by atoms with Crippen LogP contribution in [0.25, 0.3) is 0 Å². The van der Waals surface area contributed by atoms with Gasteiger partial charge in [-0.25, -0.2) is 0 Å². The molecule has 1 unspecified atom stereocenters. The van der Waals surface area contributed by atoms with E-state index < -0.39 is 0 Å². The summed E-state index contributed by atoms with van der Waals surface area (Å²) in [6, 6.07) is 1.29. The van der Waals surface area contributed by atoms with Crippen molar-refractivity contribution in [3.8, 4) is 0 Å². The maximum absolute atomic E-state index is 4.96. The second-order valence-corrected chi connectivity index (χ2v) is 2.21. The van der Waals surface area contributed by atoms with E-state index in [1.165, 1.54) is 6.04 Å². The number of hydrogen-bond acceptors (Lipinski definition) is 1. The molecule has 1 aliphatic heterocycles. The molecule has 0 aromatic heterocycles. The molecule has 0 aromatic rings. The Hall–Kier alpha value is 0.177. The van der Waals surface area contributed by atoms with Crippen LogP contribution in [0.15, 0.2) is 0 Å². The van der Waals surface area contributed by atoms with Crippen LogP contribution in [0.2, 0.25) is 6.04 Å². The maximum Gasteiger partial charge on any atom is 0.232 e. The Balaban J connectivity index is 2.08. The van der Waals surface area contributed by atoms with Gasteiger partial charge >= 0.3 is 0 Å². The lowest BCUT2D eigenvalue weighted by Crippen LogP contribution is -2.24. The van der Waals surface area contributed by atoms with E-state index in [9.17, 15) is 0 Å². The summed E-state index contributed by atoms with van der Waals surface area (Å²) in [6.07, 6.45) is 0.577. The summed E-state index contributed by atoms with van der Waals surface area (Å²) in [7, 11) is 0.801. The first kappa shape index (κ1) is 3.37. The molecule has 1 fully saturated rings. The van der Waals surface area contributed by atoms with Crippen LogP contribution in [0.4, 0.5) is 0 Å². The monoisotopic (exact) mass is 86.0 g/mol. The minimum atomic E-state index is 0.577. The van der Waals surface area contributed by atoms with Crippen LogP contribution in [0.3, 0.4) is 0 Å². The van der Waals surface area contributed by atoms with E-state index in [-0.39, 0.29) is 0 Å². The number of hydrogen-bond donors (Lipinski definition) is 0. The summed E-state index contributed by atoms with van der Waals surface area (Å²) in [6.45, 7) is 2.09. The van der Waals surface area contributed by atoms with Crippen LogP contribution >= 0.6 is 0 Å². The van der Waals surface area contributed by atoms with E-state index in [0.29, 0.717) is 6.10 Å². The van der Waals surface area contributed by atoms with Gasteiger partial charge in [-0.3, -0.25) is 0 Å². The molecule has 1 heterocycles. The van der Waals surface area contributed by atoms with E-state index in [1.807, 2.05) is 0 Å². The Labute approximate surface area is 34.3 Å². The van der Waals surface area contributed by atoms with Crippen LogP contribution in [-0.2, 0) is 4.43 Å². The highest BCUT2D eigenvalue weighted by atomic mass is 28.2. The zero-order chi connectivity index (χ0) is 3.70. The molecule has 1 nitrogen and oxygen atoms in total. The van der Waals surface area contributed by atoms with Gasteiger partial charge in [-0.15, -0.1) is 0 Å². The Morgan fingerprint density at radius 3 is 2.40 bits per heavy atom. The fourth-order valence-electron chi connectivity index (χ4n) is 0.250. The van der Waals surface area contributed by atoms with E-state index in [0.717, 1.165) is 9.76 Å².